The third-order valence-electron chi connectivity index (χ3n) is 9.36. The minimum Gasteiger partial charge on any atom is -0.103 e. The summed E-state index contributed by atoms with van der Waals surface area (Å²) in [5.74, 6) is 7.12. The summed E-state index contributed by atoms with van der Waals surface area (Å²) in [5.41, 5.74) is 13.7. The van der Waals surface area contributed by atoms with Crippen LogP contribution >= 0.6 is 0 Å². The van der Waals surface area contributed by atoms with E-state index in [1.807, 2.05) is 12.2 Å². The zero-order valence-electron chi connectivity index (χ0n) is 28.0. The maximum absolute atomic E-state index is 4.10. The normalized spacial score (nSPS) is 12.9. The van der Waals surface area contributed by atoms with E-state index in [-0.39, 0.29) is 6.71 Å². The molecule has 0 aromatic heterocycles. The Bertz CT molecular complexity index is 2220. The minimum absolute atomic E-state index is 0.0289. The third kappa shape index (κ3) is 6.13. The van der Waals surface area contributed by atoms with E-state index in [1.165, 1.54) is 76.9 Å². The molecule has 0 nitrogen and oxygen atoms in total. The highest BCUT2D eigenvalue weighted by atomic mass is 14.2. The van der Waals surface area contributed by atoms with E-state index in [0.717, 1.165) is 12.0 Å². The Hall–Kier alpha value is -5.32. The van der Waals surface area contributed by atoms with Gasteiger partial charge in [-0.15, -0.1) is 6.58 Å². The lowest BCUT2D eigenvalue weighted by molar-refractivity contribution is 1.26. The molecule has 5 aromatic carbocycles. The van der Waals surface area contributed by atoms with E-state index < -0.39 is 0 Å². The van der Waals surface area contributed by atoms with Gasteiger partial charge in [-0.25, -0.2) is 0 Å². The molecular weight excluding hydrogens is 563 g/mol. The van der Waals surface area contributed by atoms with Gasteiger partial charge >= 0.3 is 0 Å². The molecule has 0 amide bonds. The van der Waals surface area contributed by atoms with Gasteiger partial charge in [-0.1, -0.05) is 167 Å². The second-order valence-electron chi connectivity index (χ2n) is 12.4. The van der Waals surface area contributed by atoms with Crippen LogP contribution in [0.2, 0.25) is 0 Å². The van der Waals surface area contributed by atoms with Crippen LogP contribution in [-0.2, 0) is 6.42 Å². The molecule has 0 radical (unpaired) electrons. The van der Waals surface area contributed by atoms with Crippen LogP contribution in [-0.4, -0.2) is 6.71 Å². The predicted molar refractivity (Wildman–Crippen MR) is 210 cm³/mol. The van der Waals surface area contributed by atoms with Gasteiger partial charge in [-0.3, -0.25) is 0 Å². The monoisotopic (exact) mass is 604 g/mol. The van der Waals surface area contributed by atoms with Crippen molar-refractivity contribution in [1.29, 1.82) is 0 Å². The number of fused-ring (bicyclic) bond motifs is 3. The van der Waals surface area contributed by atoms with Crippen molar-refractivity contribution in [2.45, 2.75) is 40.5 Å². The number of benzene rings is 5. The van der Waals surface area contributed by atoms with Crippen LogP contribution in [0.15, 0.2) is 134 Å². The first-order chi connectivity index (χ1) is 23.0. The third-order valence-corrected chi connectivity index (χ3v) is 9.36. The molecule has 6 rings (SSSR count). The predicted octanol–water partition coefficient (Wildman–Crippen LogP) is 10.4. The zero-order chi connectivity index (χ0) is 32.9. The first kappa shape index (κ1) is 31.7. The topological polar surface area (TPSA) is 0 Å². The van der Waals surface area contributed by atoms with Crippen LogP contribution in [0.25, 0.3) is 39.3 Å². The van der Waals surface area contributed by atoms with Gasteiger partial charge in [-0.05, 0) is 89.5 Å². The van der Waals surface area contributed by atoms with Crippen LogP contribution < -0.4 is 10.9 Å². The van der Waals surface area contributed by atoms with E-state index in [1.54, 1.807) is 0 Å². The van der Waals surface area contributed by atoms with Gasteiger partial charge < -0.3 is 0 Å². The summed E-state index contributed by atoms with van der Waals surface area (Å²) in [4.78, 5) is 0. The molecule has 5 aromatic rings. The summed E-state index contributed by atoms with van der Waals surface area (Å²) in [6, 6.07) is 28.8. The average molecular weight is 605 g/mol. The van der Waals surface area contributed by atoms with Crippen molar-refractivity contribution in [1.82, 2.24) is 0 Å². The highest BCUT2D eigenvalue weighted by Gasteiger charge is 2.31. The molecule has 0 saturated carbocycles. The lowest BCUT2D eigenvalue weighted by atomic mass is 9.33. The molecule has 0 saturated heterocycles. The molecule has 47 heavy (non-hydrogen) atoms. The van der Waals surface area contributed by atoms with Gasteiger partial charge in [0.25, 0.3) is 0 Å². The lowest BCUT2D eigenvalue weighted by Crippen LogP contribution is -2.49. The summed E-state index contributed by atoms with van der Waals surface area (Å²) in [7, 11) is 0. The molecule has 0 N–H and O–H groups in total. The number of hydrogen-bond donors (Lipinski definition) is 0. The molecule has 0 unspecified atom stereocenters. The Morgan fingerprint density at radius 2 is 1.45 bits per heavy atom. The van der Waals surface area contributed by atoms with Gasteiger partial charge in [0.05, 0.1) is 0 Å². The lowest BCUT2D eigenvalue weighted by Gasteiger charge is -2.27. The summed E-state index contributed by atoms with van der Waals surface area (Å²) in [5, 5.41) is 4.97. The maximum atomic E-state index is 4.10. The molecule has 0 atom stereocenters. The Morgan fingerprint density at radius 3 is 2.19 bits per heavy atom. The van der Waals surface area contributed by atoms with Gasteiger partial charge in [0.2, 0.25) is 6.71 Å². The van der Waals surface area contributed by atoms with Crippen LogP contribution in [0.1, 0.15) is 52.3 Å². The van der Waals surface area contributed by atoms with Crippen LogP contribution in [0.4, 0.5) is 0 Å². The zero-order valence-corrected chi connectivity index (χ0v) is 28.0. The molecule has 0 aliphatic heterocycles. The van der Waals surface area contributed by atoms with Crippen LogP contribution in [0, 0.1) is 32.6 Å². The fraction of sp³-hybridized carbons (Fsp3) is 0.130. The summed E-state index contributed by atoms with van der Waals surface area (Å²) in [6.45, 7) is 16.9. The Labute approximate surface area is 281 Å². The highest BCUT2D eigenvalue weighted by Crippen LogP contribution is 2.34. The summed E-state index contributed by atoms with van der Waals surface area (Å²) < 4.78 is 0. The molecule has 1 aliphatic rings. The summed E-state index contributed by atoms with van der Waals surface area (Å²) >= 11 is 0. The van der Waals surface area contributed by atoms with Crippen molar-refractivity contribution in [2.24, 2.45) is 0 Å². The standard InChI is InChI=1S/C46H41B/c1-7-10-22-39-32(4)26-27-33(5)45(39)47(46-34(6)28-29-35(17-8-2)41(46)18-9-3)38-21-13-11-19-36(30-38)44-31-37-20-12-14-23-40(37)42-24-15-16-25-43(42)44/h7-10,12,14-16,18,20-31H,1-2,13,17H2,3-6H3/b18-9-,22-10-. The fourth-order valence-corrected chi connectivity index (χ4v) is 7.17. The van der Waals surface area contributed by atoms with E-state index in [0.29, 0.717) is 6.42 Å². The molecule has 0 fully saturated rings. The number of rotatable bonds is 9. The molecule has 1 heteroatoms. The van der Waals surface area contributed by atoms with Crippen molar-refractivity contribution in [3.05, 3.63) is 173 Å². The van der Waals surface area contributed by atoms with Crippen molar-refractivity contribution in [3.63, 3.8) is 0 Å². The largest absolute Gasteiger partial charge is 0.243 e. The summed E-state index contributed by atoms with van der Waals surface area (Å²) in [6.07, 6.45) is 18.8. The van der Waals surface area contributed by atoms with Gasteiger partial charge in [0, 0.05) is 12.0 Å². The molecule has 1 aliphatic carbocycles. The van der Waals surface area contributed by atoms with Crippen molar-refractivity contribution < 1.29 is 0 Å². The van der Waals surface area contributed by atoms with Gasteiger partial charge in [0.15, 0.2) is 0 Å². The van der Waals surface area contributed by atoms with E-state index >= 15 is 0 Å². The van der Waals surface area contributed by atoms with Crippen molar-refractivity contribution >= 4 is 56.9 Å². The quantitative estimate of drug-likeness (QED) is 0.0516. The minimum atomic E-state index is -0.0289. The Morgan fingerprint density at radius 1 is 0.766 bits per heavy atom. The molecule has 0 bridgehead atoms. The smallest absolute Gasteiger partial charge is 0.103 e. The second-order valence-corrected chi connectivity index (χ2v) is 12.4. The second kappa shape index (κ2) is 14.0. The van der Waals surface area contributed by atoms with Gasteiger partial charge in [-0.2, -0.15) is 0 Å². The van der Waals surface area contributed by atoms with E-state index in [4.69, 9.17) is 0 Å². The molecule has 0 spiro atoms. The number of aryl methyl sites for hydroxylation is 3. The van der Waals surface area contributed by atoms with E-state index in [2.05, 4.69) is 168 Å². The maximum Gasteiger partial charge on any atom is 0.243 e. The Balaban J connectivity index is 1.70. The van der Waals surface area contributed by atoms with Crippen molar-refractivity contribution in [3.8, 4) is 11.8 Å². The number of hydrogen-bond acceptors (Lipinski definition) is 0. The molecule has 0 heterocycles. The number of allylic oxidation sites excluding steroid dienone is 8. The first-order valence-electron chi connectivity index (χ1n) is 16.5. The first-order valence-corrected chi connectivity index (χ1v) is 16.5. The van der Waals surface area contributed by atoms with E-state index in [9.17, 15) is 0 Å². The average Bonchev–Trinajstić information content (AvgIpc) is 3.34. The molecule has 228 valence electrons. The fourth-order valence-electron chi connectivity index (χ4n) is 7.17. The molecular formula is C46H41B. The SMILES string of the molecule is C=C/C=C\c1c(C)ccc(C)c1B(C1=CCC#CC(c2cc3ccccc3c3ccccc23)=C1)c1c(C)ccc(CC=C)c1/C=C\C. The highest BCUT2D eigenvalue weighted by molar-refractivity contribution is 6.93. The Kier molecular flexibility index (Phi) is 9.42. The van der Waals surface area contributed by atoms with Crippen LogP contribution in [0.3, 0.4) is 0 Å². The van der Waals surface area contributed by atoms with Gasteiger partial charge in [0.1, 0.15) is 0 Å². The van der Waals surface area contributed by atoms with Crippen molar-refractivity contribution in [2.75, 3.05) is 0 Å². The van der Waals surface area contributed by atoms with Crippen LogP contribution in [0.5, 0.6) is 0 Å².